The van der Waals surface area contributed by atoms with Gasteiger partial charge in [0.25, 0.3) is 5.92 Å². The number of benzene rings is 1. The maximum atomic E-state index is 13.5. The zero-order chi connectivity index (χ0) is 13.1. The second-order valence-electron chi connectivity index (χ2n) is 3.40. The minimum atomic E-state index is -3.36. The van der Waals surface area contributed by atoms with E-state index in [1.165, 1.54) is 7.11 Å². The van der Waals surface area contributed by atoms with Crippen molar-refractivity contribution in [2.24, 2.45) is 0 Å². The molecule has 1 aromatic carbocycles. The zero-order valence-corrected chi connectivity index (χ0v) is 9.79. The molecule has 0 amide bonds. The van der Waals surface area contributed by atoms with Crippen LogP contribution in [0.3, 0.4) is 0 Å². The molecule has 6 heteroatoms. The lowest BCUT2D eigenvalue weighted by Gasteiger charge is -2.17. The molecule has 0 N–H and O–H groups in total. The van der Waals surface area contributed by atoms with Crippen LogP contribution in [0.25, 0.3) is 0 Å². The second-order valence-corrected chi connectivity index (χ2v) is 3.81. The summed E-state index contributed by atoms with van der Waals surface area (Å²) in [4.78, 5) is -0.841. The third-order valence-corrected chi connectivity index (χ3v) is 2.65. The maximum Gasteiger partial charge on any atom is 0.285 e. The lowest BCUT2D eigenvalue weighted by atomic mass is 10.0. The van der Waals surface area contributed by atoms with E-state index in [-0.39, 0.29) is 6.61 Å². The fourth-order valence-corrected chi connectivity index (χ4v) is 1.48. The van der Waals surface area contributed by atoms with Gasteiger partial charge in [-0.3, -0.25) is 0 Å². The fraction of sp³-hybridized carbons (Fsp3) is 0.364. The Balaban J connectivity index is 2.95. The Kier molecular flexibility index (Phi) is 4.59. The number of thiocarbonyl (C=S) groups is 1. The summed E-state index contributed by atoms with van der Waals surface area (Å²) in [6, 6.07) is 2.32. The van der Waals surface area contributed by atoms with Gasteiger partial charge in [-0.05, 0) is 12.1 Å². The van der Waals surface area contributed by atoms with E-state index >= 15 is 0 Å². The van der Waals surface area contributed by atoms with Crippen LogP contribution < -0.4 is 0 Å². The van der Waals surface area contributed by atoms with E-state index < -0.39 is 34.4 Å². The minimum Gasteiger partial charge on any atom is -0.384 e. The summed E-state index contributed by atoms with van der Waals surface area (Å²) < 4.78 is 57.4. The van der Waals surface area contributed by atoms with Crippen LogP contribution in [0.5, 0.6) is 0 Å². The number of methoxy groups -OCH3 is 1. The highest BCUT2D eigenvalue weighted by Gasteiger charge is 2.36. The van der Waals surface area contributed by atoms with Crippen molar-refractivity contribution in [3.63, 3.8) is 0 Å². The lowest BCUT2D eigenvalue weighted by molar-refractivity contribution is 0.0399. The van der Waals surface area contributed by atoms with Gasteiger partial charge in [-0.15, -0.1) is 0 Å². The molecule has 1 rings (SSSR count). The van der Waals surface area contributed by atoms with E-state index in [1.807, 2.05) is 0 Å². The number of halogens is 4. The van der Waals surface area contributed by atoms with E-state index in [2.05, 4.69) is 17.0 Å². The van der Waals surface area contributed by atoms with Gasteiger partial charge in [-0.2, -0.15) is 0 Å². The molecule has 0 radical (unpaired) electrons. The summed E-state index contributed by atoms with van der Waals surface area (Å²) in [7, 11) is 1.28. The summed E-state index contributed by atoms with van der Waals surface area (Å²) in [5, 5.41) is 0. The molecule has 0 fully saturated rings. The van der Waals surface area contributed by atoms with Gasteiger partial charge in [-0.1, -0.05) is 12.2 Å². The van der Waals surface area contributed by atoms with Crippen molar-refractivity contribution in [1.29, 1.82) is 0 Å². The zero-order valence-electron chi connectivity index (χ0n) is 8.97. The number of hydrogen-bond acceptors (Lipinski definition) is 2. The molecule has 1 nitrogen and oxygen atoms in total. The van der Waals surface area contributed by atoms with E-state index in [0.717, 1.165) is 12.1 Å². The highest BCUT2D eigenvalue weighted by Crippen LogP contribution is 2.26. The molecule has 0 spiro atoms. The van der Waals surface area contributed by atoms with Crippen molar-refractivity contribution in [3.8, 4) is 0 Å². The molecule has 0 aliphatic heterocycles. The SMILES string of the molecule is COCCC(F)(F)C(=S)c1ccc(F)cc1F. The standard InChI is InChI=1S/C11H10F4OS/c1-16-5-4-11(14,15)10(17)8-3-2-7(12)6-9(8)13/h2-3,6H,4-5H2,1H3. The maximum absolute atomic E-state index is 13.5. The smallest absolute Gasteiger partial charge is 0.285 e. The van der Waals surface area contributed by atoms with Gasteiger partial charge in [0.1, 0.15) is 11.6 Å². The van der Waals surface area contributed by atoms with E-state index in [9.17, 15) is 17.6 Å². The van der Waals surface area contributed by atoms with Crippen LogP contribution in [-0.2, 0) is 4.74 Å². The third kappa shape index (κ3) is 3.47. The number of alkyl halides is 2. The molecule has 0 bridgehead atoms. The molecule has 17 heavy (non-hydrogen) atoms. The molecule has 94 valence electrons. The fourth-order valence-electron chi connectivity index (χ4n) is 1.21. The summed E-state index contributed by atoms with van der Waals surface area (Å²) in [6.45, 7) is -0.198. The van der Waals surface area contributed by atoms with Crippen LogP contribution in [0, 0.1) is 11.6 Å². The first-order valence-electron chi connectivity index (χ1n) is 4.75. The molecule has 0 saturated heterocycles. The molecule has 0 atom stereocenters. The van der Waals surface area contributed by atoms with E-state index in [0.29, 0.717) is 6.07 Å². The molecule has 0 heterocycles. The normalized spacial score (nSPS) is 11.6. The van der Waals surface area contributed by atoms with Crippen molar-refractivity contribution in [2.45, 2.75) is 12.3 Å². The number of ether oxygens (including phenoxy) is 1. The Morgan fingerprint density at radius 3 is 2.53 bits per heavy atom. The van der Waals surface area contributed by atoms with Gasteiger partial charge < -0.3 is 4.74 Å². The largest absolute Gasteiger partial charge is 0.384 e. The summed E-state index contributed by atoms with van der Waals surface area (Å²) in [5.41, 5.74) is -0.456. The van der Waals surface area contributed by atoms with Gasteiger partial charge in [0.05, 0.1) is 11.5 Å². The van der Waals surface area contributed by atoms with Gasteiger partial charge in [0, 0.05) is 25.2 Å². The van der Waals surface area contributed by atoms with Gasteiger partial charge in [0.2, 0.25) is 0 Å². The second kappa shape index (κ2) is 5.55. The number of rotatable bonds is 5. The molecular weight excluding hydrogens is 256 g/mol. The Labute approximate surface area is 101 Å². The molecule has 0 aliphatic carbocycles. The molecule has 1 aromatic rings. The highest BCUT2D eigenvalue weighted by atomic mass is 32.1. The monoisotopic (exact) mass is 266 g/mol. The Hall–Kier alpha value is -1.01. The van der Waals surface area contributed by atoms with Crippen LogP contribution in [0.1, 0.15) is 12.0 Å². The first-order chi connectivity index (χ1) is 7.88. The third-order valence-electron chi connectivity index (χ3n) is 2.13. The number of hydrogen-bond donors (Lipinski definition) is 0. The minimum absolute atomic E-state index is 0.198. The molecule has 0 aromatic heterocycles. The topological polar surface area (TPSA) is 9.23 Å². The summed E-state index contributed by atoms with van der Waals surface area (Å²) in [5.74, 6) is -5.29. The predicted octanol–water partition coefficient (Wildman–Crippen LogP) is 3.35. The van der Waals surface area contributed by atoms with Crippen LogP contribution in [-0.4, -0.2) is 24.5 Å². The molecule has 0 aliphatic rings. The van der Waals surface area contributed by atoms with Gasteiger partial charge in [0.15, 0.2) is 0 Å². The van der Waals surface area contributed by atoms with Crippen LogP contribution in [0.2, 0.25) is 0 Å². The van der Waals surface area contributed by atoms with Crippen LogP contribution in [0.15, 0.2) is 18.2 Å². The van der Waals surface area contributed by atoms with Crippen molar-refractivity contribution in [2.75, 3.05) is 13.7 Å². The molecule has 0 saturated carbocycles. The van der Waals surface area contributed by atoms with Gasteiger partial charge >= 0.3 is 0 Å². The Morgan fingerprint density at radius 2 is 2.00 bits per heavy atom. The first-order valence-corrected chi connectivity index (χ1v) is 5.16. The van der Waals surface area contributed by atoms with E-state index in [4.69, 9.17) is 0 Å². The van der Waals surface area contributed by atoms with Crippen molar-refractivity contribution < 1.29 is 22.3 Å². The van der Waals surface area contributed by atoms with Crippen molar-refractivity contribution in [3.05, 3.63) is 35.4 Å². The predicted molar refractivity (Wildman–Crippen MR) is 59.5 cm³/mol. The first kappa shape index (κ1) is 14.1. The average Bonchev–Trinajstić information content (AvgIpc) is 2.25. The quantitative estimate of drug-likeness (QED) is 0.459. The van der Waals surface area contributed by atoms with Crippen LogP contribution in [0.4, 0.5) is 17.6 Å². The molecular formula is C11H10F4OS. The Morgan fingerprint density at radius 1 is 1.35 bits per heavy atom. The van der Waals surface area contributed by atoms with Gasteiger partial charge in [-0.25, -0.2) is 17.6 Å². The van der Waals surface area contributed by atoms with Crippen molar-refractivity contribution in [1.82, 2.24) is 0 Å². The van der Waals surface area contributed by atoms with Crippen molar-refractivity contribution >= 4 is 17.1 Å². The van der Waals surface area contributed by atoms with E-state index in [1.54, 1.807) is 0 Å². The highest BCUT2D eigenvalue weighted by molar-refractivity contribution is 7.81. The Bertz CT molecular complexity index is 420. The summed E-state index contributed by atoms with van der Waals surface area (Å²) in [6.07, 6.45) is -0.640. The average molecular weight is 266 g/mol. The lowest BCUT2D eigenvalue weighted by Crippen LogP contribution is -2.30. The van der Waals surface area contributed by atoms with Crippen LogP contribution >= 0.6 is 12.2 Å². The summed E-state index contributed by atoms with van der Waals surface area (Å²) >= 11 is 4.53. The molecule has 0 unspecified atom stereocenters.